The third-order valence-corrected chi connectivity index (χ3v) is 4.41. The Bertz CT molecular complexity index is 760. The summed E-state index contributed by atoms with van der Waals surface area (Å²) < 4.78 is 11.4. The first-order valence-electron chi connectivity index (χ1n) is 7.80. The molecule has 2 aromatic heterocycles. The number of hydrogen-bond donors (Lipinski definition) is 1. The topological polar surface area (TPSA) is 67.5 Å². The van der Waals surface area contributed by atoms with Crippen molar-refractivity contribution < 1.29 is 14.3 Å². The van der Waals surface area contributed by atoms with Gasteiger partial charge in [-0.15, -0.1) is 0 Å². The highest BCUT2D eigenvalue weighted by molar-refractivity contribution is 5.94. The molecule has 0 radical (unpaired) electrons. The summed E-state index contributed by atoms with van der Waals surface area (Å²) in [6.07, 6.45) is 3.44. The Kier molecular flexibility index (Phi) is 3.16. The number of H-pyrrole nitrogens is 1. The van der Waals surface area contributed by atoms with Crippen LogP contribution < -0.4 is 4.74 Å². The number of amides is 1. The van der Waals surface area contributed by atoms with Crippen LogP contribution in [0.2, 0.25) is 0 Å². The smallest absolute Gasteiger partial charge is 0.270 e. The van der Waals surface area contributed by atoms with Crippen LogP contribution in [0.5, 0.6) is 5.75 Å². The third-order valence-electron chi connectivity index (χ3n) is 4.41. The zero-order valence-corrected chi connectivity index (χ0v) is 13.3. The van der Waals surface area contributed by atoms with Crippen LogP contribution in [-0.4, -0.2) is 47.1 Å². The first kappa shape index (κ1) is 14.3. The van der Waals surface area contributed by atoms with Gasteiger partial charge in [0.2, 0.25) is 0 Å². The predicted molar refractivity (Wildman–Crippen MR) is 84.4 cm³/mol. The summed E-state index contributed by atoms with van der Waals surface area (Å²) in [5.74, 6) is 0.742. The van der Waals surface area contributed by atoms with Gasteiger partial charge in [0.15, 0.2) is 0 Å². The minimum Gasteiger partial charge on any atom is -0.481 e. The van der Waals surface area contributed by atoms with Crippen LogP contribution in [0.1, 0.15) is 29.9 Å². The molecule has 120 valence electrons. The highest BCUT2D eigenvalue weighted by atomic mass is 16.5. The van der Waals surface area contributed by atoms with Gasteiger partial charge in [-0.05, 0) is 26.0 Å². The molecule has 0 saturated carbocycles. The van der Waals surface area contributed by atoms with E-state index in [1.807, 2.05) is 30.9 Å². The Morgan fingerprint density at radius 2 is 2.13 bits per heavy atom. The van der Waals surface area contributed by atoms with Gasteiger partial charge in [0, 0.05) is 30.4 Å². The van der Waals surface area contributed by atoms with Crippen LogP contribution in [0.25, 0.3) is 11.3 Å². The standard InChI is InChI=1S/C17H19N3O3/c1-17(2)12-9-13(16(21)20-5-7-22-8-6-20)19-15(12)11-3-4-18-10-14(11)23-17/h3-4,9-10,19H,5-8H2,1-2H3. The van der Waals surface area contributed by atoms with E-state index in [1.54, 1.807) is 12.4 Å². The van der Waals surface area contributed by atoms with E-state index in [0.29, 0.717) is 32.0 Å². The van der Waals surface area contributed by atoms with Gasteiger partial charge in [0.05, 0.1) is 25.1 Å². The van der Waals surface area contributed by atoms with Gasteiger partial charge in [0.1, 0.15) is 17.0 Å². The molecule has 1 fully saturated rings. The molecule has 4 heterocycles. The number of rotatable bonds is 1. The maximum absolute atomic E-state index is 12.7. The van der Waals surface area contributed by atoms with E-state index in [0.717, 1.165) is 22.6 Å². The highest BCUT2D eigenvalue weighted by Crippen LogP contribution is 2.44. The second-order valence-electron chi connectivity index (χ2n) is 6.36. The SMILES string of the molecule is CC1(C)Oc2cnccc2-c2[nH]c(C(=O)N3CCOCC3)cc21. The molecular weight excluding hydrogens is 294 g/mol. The molecule has 6 heteroatoms. The Hall–Kier alpha value is -2.34. The van der Waals surface area contributed by atoms with Gasteiger partial charge in [-0.3, -0.25) is 9.78 Å². The van der Waals surface area contributed by atoms with Gasteiger partial charge in [0.25, 0.3) is 5.91 Å². The maximum atomic E-state index is 12.7. The number of pyridine rings is 1. The van der Waals surface area contributed by atoms with Crippen LogP contribution in [-0.2, 0) is 10.3 Å². The summed E-state index contributed by atoms with van der Waals surface area (Å²) >= 11 is 0. The summed E-state index contributed by atoms with van der Waals surface area (Å²) in [6.45, 7) is 6.44. The summed E-state index contributed by atoms with van der Waals surface area (Å²) in [7, 11) is 0. The molecule has 1 amide bonds. The largest absolute Gasteiger partial charge is 0.481 e. The number of ether oxygens (including phenoxy) is 2. The van der Waals surface area contributed by atoms with Crippen molar-refractivity contribution in [2.24, 2.45) is 0 Å². The average Bonchev–Trinajstić information content (AvgIpc) is 3.01. The molecule has 0 spiro atoms. The summed E-state index contributed by atoms with van der Waals surface area (Å²) in [5.41, 5.74) is 2.96. The van der Waals surface area contributed by atoms with E-state index < -0.39 is 5.60 Å². The molecule has 1 N–H and O–H groups in total. The molecule has 0 aliphatic carbocycles. The minimum atomic E-state index is -0.509. The molecule has 0 bridgehead atoms. The average molecular weight is 313 g/mol. The molecular formula is C17H19N3O3. The number of fused-ring (bicyclic) bond motifs is 3. The number of carbonyl (C=O) groups is 1. The van der Waals surface area contributed by atoms with Gasteiger partial charge in [-0.25, -0.2) is 0 Å². The first-order chi connectivity index (χ1) is 11.1. The number of morpholine rings is 1. The monoisotopic (exact) mass is 313 g/mol. The Morgan fingerprint density at radius 1 is 1.35 bits per heavy atom. The first-order valence-corrected chi connectivity index (χ1v) is 7.80. The Balaban J connectivity index is 1.76. The van der Waals surface area contributed by atoms with E-state index >= 15 is 0 Å². The van der Waals surface area contributed by atoms with Crippen molar-refractivity contribution in [1.82, 2.24) is 14.9 Å². The van der Waals surface area contributed by atoms with Crippen molar-refractivity contribution in [3.05, 3.63) is 35.8 Å². The van der Waals surface area contributed by atoms with Crippen molar-refractivity contribution in [3.63, 3.8) is 0 Å². The number of hydrogen-bond acceptors (Lipinski definition) is 4. The van der Waals surface area contributed by atoms with Crippen molar-refractivity contribution in [2.45, 2.75) is 19.4 Å². The maximum Gasteiger partial charge on any atom is 0.270 e. The van der Waals surface area contributed by atoms with Gasteiger partial charge in [-0.2, -0.15) is 0 Å². The number of nitrogens with one attached hydrogen (secondary N) is 1. The molecule has 0 unspecified atom stereocenters. The molecule has 0 aromatic carbocycles. The van der Waals surface area contributed by atoms with E-state index in [9.17, 15) is 4.79 Å². The zero-order chi connectivity index (χ0) is 16.0. The van der Waals surface area contributed by atoms with Gasteiger partial charge >= 0.3 is 0 Å². The Labute approximate surface area is 134 Å². The molecule has 23 heavy (non-hydrogen) atoms. The molecule has 2 aliphatic heterocycles. The van der Waals surface area contributed by atoms with E-state index in [1.165, 1.54) is 0 Å². The number of carbonyl (C=O) groups excluding carboxylic acids is 1. The Morgan fingerprint density at radius 3 is 2.91 bits per heavy atom. The lowest BCUT2D eigenvalue weighted by molar-refractivity contribution is 0.0299. The highest BCUT2D eigenvalue weighted by Gasteiger charge is 2.36. The zero-order valence-electron chi connectivity index (χ0n) is 13.3. The summed E-state index contributed by atoms with van der Waals surface area (Å²) in [5, 5.41) is 0. The summed E-state index contributed by atoms with van der Waals surface area (Å²) in [6, 6.07) is 3.82. The van der Waals surface area contributed by atoms with Crippen LogP contribution in [0.3, 0.4) is 0 Å². The van der Waals surface area contributed by atoms with Crippen LogP contribution in [0.4, 0.5) is 0 Å². The third kappa shape index (κ3) is 2.30. The van der Waals surface area contributed by atoms with Crippen molar-refractivity contribution in [2.75, 3.05) is 26.3 Å². The van der Waals surface area contributed by atoms with E-state index in [4.69, 9.17) is 9.47 Å². The van der Waals surface area contributed by atoms with Gasteiger partial charge in [-0.1, -0.05) is 0 Å². The number of aromatic nitrogens is 2. The summed E-state index contributed by atoms with van der Waals surface area (Å²) in [4.78, 5) is 22.0. The fraction of sp³-hybridized carbons (Fsp3) is 0.412. The lowest BCUT2D eigenvalue weighted by Gasteiger charge is -2.32. The second-order valence-corrected chi connectivity index (χ2v) is 6.36. The predicted octanol–water partition coefficient (Wildman–Crippen LogP) is 2.18. The van der Waals surface area contributed by atoms with Crippen LogP contribution >= 0.6 is 0 Å². The molecule has 1 saturated heterocycles. The van der Waals surface area contributed by atoms with Crippen molar-refractivity contribution in [3.8, 4) is 17.0 Å². The number of nitrogens with zero attached hydrogens (tertiary/aromatic N) is 2. The number of aromatic amines is 1. The lowest BCUT2D eigenvalue weighted by atomic mass is 9.92. The fourth-order valence-corrected chi connectivity index (χ4v) is 3.19. The molecule has 4 rings (SSSR count). The van der Waals surface area contributed by atoms with Gasteiger partial charge < -0.3 is 19.4 Å². The molecule has 2 aromatic rings. The quantitative estimate of drug-likeness (QED) is 0.876. The second kappa shape index (κ2) is 5.09. The molecule has 2 aliphatic rings. The normalized spacial score (nSPS) is 18.8. The van der Waals surface area contributed by atoms with Crippen molar-refractivity contribution in [1.29, 1.82) is 0 Å². The fourth-order valence-electron chi connectivity index (χ4n) is 3.19. The minimum absolute atomic E-state index is 0.00843. The van der Waals surface area contributed by atoms with E-state index in [-0.39, 0.29) is 5.91 Å². The van der Waals surface area contributed by atoms with Crippen LogP contribution in [0, 0.1) is 0 Å². The van der Waals surface area contributed by atoms with Crippen molar-refractivity contribution >= 4 is 5.91 Å². The van der Waals surface area contributed by atoms with E-state index in [2.05, 4.69) is 9.97 Å². The lowest BCUT2D eigenvalue weighted by Crippen LogP contribution is -2.40. The molecule has 0 atom stereocenters. The molecule has 6 nitrogen and oxygen atoms in total. The van der Waals surface area contributed by atoms with Crippen LogP contribution in [0.15, 0.2) is 24.5 Å².